The number of benzene rings is 2. The molecule has 0 spiro atoms. The smallest absolute Gasteiger partial charge is 0.165 e. The van der Waals surface area contributed by atoms with Crippen molar-refractivity contribution in [3.8, 4) is 28.3 Å². The molecule has 44 heavy (non-hydrogen) atoms. The van der Waals surface area contributed by atoms with Gasteiger partial charge < -0.3 is 21.1 Å². The molecule has 7 rings (SSSR count). The molecule has 3 aromatic heterocycles. The predicted octanol–water partition coefficient (Wildman–Crippen LogP) is 6.95. The van der Waals surface area contributed by atoms with Gasteiger partial charge in [-0.1, -0.05) is 24.3 Å². The fourth-order valence-electron chi connectivity index (χ4n) is 6.19. The van der Waals surface area contributed by atoms with Crippen LogP contribution in [0.4, 0.5) is 11.5 Å². The van der Waals surface area contributed by atoms with Crippen LogP contribution in [-0.2, 0) is 10.3 Å². The fourth-order valence-corrected chi connectivity index (χ4v) is 6.19. The Bertz CT molecular complexity index is 1730. The molecule has 2 aromatic carbocycles. The highest BCUT2D eigenvalue weighted by molar-refractivity contribution is 5.86. The Hall–Kier alpha value is -3.40. The summed E-state index contributed by atoms with van der Waals surface area (Å²) in [5, 5.41) is 0. The highest BCUT2D eigenvalue weighted by Crippen LogP contribution is 2.39. The van der Waals surface area contributed by atoms with Gasteiger partial charge in [0.2, 0.25) is 0 Å². The first-order chi connectivity index (χ1) is 19.9. The van der Waals surface area contributed by atoms with Gasteiger partial charge in [-0.2, -0.15) is 0 Å². The third kappa shape index (κ3) is 6.10. The quantitative estimate of drug-likeness (QED) is 0.211. The van der Waals surface area contributed by atoms with Crippen molar-refractivity contribution >= 4 is 59.9 Å². The molecule has 2 atom stereocenters. The molecular weight excluding hydrogens is 617 g/mol. The zero-order chi connectivity index (χ0) is 28.1. The fraction of sp³-hybridized carbons (Fsp3) is 0.303. The second kappa shape index (κ2) is 13.3. The Morgan fingerprint density at radius 2 is 1.57 bits per heavy atom. The van der Waals surface area contributed by atoms with Crippen molar-refractivity contribution in [2.45, 2.75) is 50.9 Å². The molecule has 1 aliphatic heterocycles. The van der Waals surface area contributed by atoms with E-state index < -0.39 is 0 Å². The summed E-state index contributed by atoms with van der Waals surface area (Å²) < 4.78 is 8.03. The molecule has 1 saturated carbocycles. The molecule has 5 aromatic rings. The van der Waals surface area contributed by atoms with Crippen LogP contribution in [0.25, 0.3) is 39.5 Å². The minimum Gasteiger partial charge on any atom is -0.383 e. The summed E-state index contributed by atoms with van der Waals surface area (Å²) in [6, 6.07) is 25.0. The number of rotatable bonds is 5. The Labute approximate surface area is 276 Å². The summed E-state index contributed by atoms with van der Waals surface area (Å²) in [5.74, 6) is 1.14. The summed E-state index contributed by atoms with van der Waals surface area (Å²) in [7, 11) is 0. The zero-order valence-corrected chi connectivity index (χ0v) is 27.2. The highest BCUT2D eigenvalue weighted by Gasteiger charge is 2.34. The lowest BCUT2D eigenvalue weighted by atomic mass is 9.73. The first-order valence-corrected chi connectivity index (χ1v) is 14.4. The van der Waals surface area contributed by atoms with Gasteiger partial charge in [-0.3, -0.25) is 4.57 Å². The molecule has 0 unspecified atom stereocenters. The van der Waals surface area contributed by atoms with E-state index in [4.69, 9.17) is 26.2 Å². The molecule has 11 heteroatoms. The number of ether oxygens (including phenoxy) is 1. The first kappa shape index (κ1) is 33.5. The van der Waals surface area contributed by atoms with Gasteiger partial charge in [0.1, 0.15) is 11.3 Å². The predicted molar refractivity (Wildman–Crippen MR) is 186 cm³/mol. The topological polar surface area (TPSA) is 108 Å². The van der Waals surface area contributed by atoms with Crippen LogP contribution in [0.3, 0.4) is 0 Å². The van der Waals surface area contributed by atoms with Gasteiger partial charge in [0.25, 0.3) is 0 Å². The van der Waals surface area contributed by atoms with Gasteiger partial charge in [0.15, 0.2) is 11.5 Å². The molecular formula is C33H38Cl3N7O. The summed E-state index contributed by atoms with van der Waals surface area (Å²) in [6.45, 7) is 5.98. The van der Waals surface area contributed by atoms with Gasteiger partial charge in [-0.05, 0) is 87.2 Å². The van der Waals surface area contributed by atoms with Crippen molar-refractivity contribution in [3.05, 3.63) is 84.6 Å². The molecule has 4 N–H and O–H groups in total. The summed E-state index contributed by atoms with van der Waals surface area (Å²) in [5.41, 5.74) is 20.3. The number of nitrogen functional groups attached to an aromatic ring is 1. The van der Waals surface area contributed by atoms with Gasteiger partial charge in [0, 0.05) is 41.8 Å². The maximum atomic E-state index is 6.62. The van der Waals surface area contributed by atoms with Gasteiger partial charge in [-0.25, -0.2) is 15.0 Å². The molecule has 4 heterocycles. The maximum Gasteiger partial charge on any atom is 0.165 e. The Morgan fingerprint density at radius 3 is 2.23 bits per heavy atom. The third-order valence-corrected chi connectivity index (χ3v) is 8.46. The summed E-state index contributed by atoms with van der Waals surface area (Å²) >= 11 is 0. The number of fused-ring (bicyclic) bond motifs is 1. The molecule has 232 valence electrons. The average Bonchev–Trinajstić information content (AvgIpc) is 3.34. The molecule has 0 amide bonds. The minimum atomic E-state index is -0.224. The monoisotopic (exact) mass is 653 g/mol. The second-order valence-electron chi connectivity index (χ2n) is 11.5. The number of pyridine rings is 2. The van der Waals surface area contributed by atoms with E-state index in [1.165, 1.54) is 12.1 Å². The maximum absolute atomic E-state index is 6.62. The third-order valence-electron chi connectivity index (χ3n) is 8.46. The first-order valence-electron chi connectivity index (χ1n) is 14.4. The minimum absolute atomic E-state index is 0. The Morgan fingerprint density at radius 1 is 0.841 bits per heavy atom. The number of morpholine rings is 1. The molecule has 8 nitrogen and oxygen atoms in total. The molecule has 0 radical (unpaired) electrons. The van der Waals surface area contributed by atoms with Crippen LogP contribution in [0, 0.1) is 0 Å². The Kier molecular flexibility index (Phi) is 10.1. The molecule has 0 bridgehead atoms. The van der Waals surface area contributed by atoms with E-state index in [0.717, 1.165) is 65.2 Å². The SMILES string of the molecule is C[C@@H]1CN(c2cccc(-c3ccc4nc(-c5cccnc5N)n(-c5ccc(C6(N)CCC6)cc5)c4n3)c2)C[C@H](C)O1.Cl.Cl.Cl. The largest absolute Gasteiger partial charge is 0.383 e. The van der Waals surface area contributed by atoms with Crippen LogP contribution < -0.4 is 16.4 Å². The van der Waals surface area contributed by atoms with E-state index in [2.05, 4.69) is 76.8 Å². The van der Waals surface area contributed by atoms with Crippen molar-refractivity contribution in [1.29, 1.82) is 0 Å². The number of aromatic nitrogens is 4. The van der Waals surface area contributed by atoms with Crippen molar-refractivity contribution in [1.82, 2.24) is 19.5 Å². The van der Waals surface area contributed by atoms with Crippen molar-refractivity contribution in [3.63, 3.8) is 0 Å². The van der Waals surface area contributed by atoms with E-state index in [-0.39, 0.29) is 55.0 Å². The number of hydrogen-bond donors (Lipinski definition) is 2. The van der Waals surface area contributed by atoms with Crippen LogP contribution in [0.5, 0.6) is 0 Å². The van der Waals surface area contributed by atoms with Gasteiger partial charge in [0.05, 0.1) is 23.5 Å². The lowest BCUT2D eigenvalue weighted by Crippen LogP contribution is -2.45. The summed E-state index contributed by atoms with van der Waals surface area (Å²) in [6.07, 6.45) is 5.28. The van der Waals surface area contributed by atoms with E-state index in [1.807, 2.05) is 24.3 Å². The van der Waals surface area contributed by atoms with Crippen LogP contribution in [-0.4, -0.2) is 44.8 Å². The lowest BCUT2D eigenvalue weighted by molar-refractivity contribution is -0.00521. The number of nitrogens with zero attached hydrogens (tertiary/aromatic N) is 5. The highest BCUT2D eigenvalue weighted by atomic mass is 35.5. The van der Waals surface area contributed by atoms with Crippen LogP contribution >= 0.6 is 37.2 Å². The van der Waals surface area contributed by atoms with E-state index in [9.17, 15) is 0 Å². The number of imidazole rings is 1. The van der Waals surface area contributed by atoms with Crippen LogP contribution in [0.1, 0.15) is 38.7 Å². The van der Waals surface area contributed by atoms with Crippen molar-refractivity contribution in [2.24, 2.45) is 5.73 Å². The molecule has 1 aliphatic carbocycles. The number of anilines is 2. The Balaban J connectivity index is 0.00000147. The standard InChI is InChI=1S/C33H35N7O.3ClH/c1-21-19-39(20-22(2)41-21)26-7-3-6-23(18-26)28-13-14-29-32(37-28)40(31(38-29)27-8-4-17-36-30(27)34)25-11-9-24(10-12-25)33(35)15-5-16-33;;;/h3-4,6-14,17-18,21-22H,5,15-16,19-20,35H2,1-2H3,(H2,34,36);3*1H/t21-,22+;;;. The number of hydrogen-bond acceptors (Lipinski definition) is 7. The van der Waals surface area contributed by atoms with Crippen LogP contribution in [0.15, 0.2) is 79.0 Å². The van der Waals surface area contributed by atoms with Gasteiger partial charge in [-0.15, -0.1) is 37.2 Å². The normalized spacial score (nSPS) is 18.8. The van der Waals surface area contributed by atoms with E-state index in [0.29, 0.717) is 11.6 Å². The van der Waals surface area contributed by atoms with Crippen molar-refractivity contribution in [2.75, 3.05) is 23.7 Å². The zero-order valence-electron chi connectivity index (χ0n) is 24.7. The average molecular weight is 655 g/mol. The van der Waals surface area contributed by atoms with E-state index in [1.54, 1.807) is 6.20 Å². The summed E-state index contributed by atoms with van der Waals surface area (Å²) in [4.78, 5) is 16.9. The molecule has 2 aliphatic rings. The lowest BCUT2D eigenvalue weighted by Gasteiger charge is -2.38. The number of halogens is 3. The van der Waals surface area contributed by atoms with Crippen molar-refractivity contribution < 1.29 is 4.74 Å². The molecule has 2 fully saturated rings. The number of nitrogens with two attached hydrogens (primary N) is 2. The second-order valence-corrected chi connectivity index (χ2v) is 11.5. The van der Waals surface area contributed by atoms with Crippen LogP contribution in [0.2, 0.25) is 0 Å². The van der Waals surface area contributed by atoms with E-state index >= 15 is 0 Å². The van der Waals surface area contributed by atoms with Gasteiger partial charge >= 0.3 is 0 Å². The molecule has 1 saturated heterocycles.